The SMILES string of the molecule is CC(C)(C)CC(C)(C)c1cc2oc3cc(C(C)(C)CC(C)(C)C)c(OCC4CO4)cc3c2cc1OCC1CO1. The number of hydrogen-bond donors (Lipinski definition) is 0. The maximum Gasteiger partial charge on any atom is 0.135 e. The van der Waals surface area contributed by atoms with Crippen molar-refractivity contribution in [3.63, 3.8) is 0 Å². The molecule has 39 heavy (non-hydrogen) atoms. The van der Waals surface area contributed by atoms with E-state index in [0.29, 0.717) is 13.2 Å². The fourth-order valence-corrected chi connectivity index (χ4v) is 6.66. The summed E-state index contributed by atoms with van der Waals surface area (Å²) in [6, 6.07) is 8.78. The van der Waals surface area contributed by atoms with E-state index >= 15 is 0 Å². The van der Waals surface area contributed by atoms with Crippen molar-refractivity contribution in [2.75, 3.05) is 26.4 Å². The zero-order valence-corrected chi connectivity index (χ0v) is 25.7. The molecular weight excluding hydrogens is 488 g/mol. The summed E-state index contributed by atoms with van der Waals surface area (Å²) in [6.07, 6.45) is 2.43. The zero-order valence-electron chi connectivity index (χ0n) is 25.7. The van der Waals surface area contributed by atoms with Gasteiger partial charge in [0.1, 0.15) is 48.1 Å². The third-order valence-electron chi connectivity index (χ3n) is 7.73. The van der Waals surface area contributed by atoms with Crippen LogP contribution in [0, 0.1) is 10.8 Å². The van der Waals surface area contributed by atoms with Crippen LogP contribution in [0.1, 0.15) is 93.2 Å². The summed E-state index contributed by atoms with van der Waals surface area (Å²) in [6.45, 7) is 25.7. The lowest BCUT2D eigenvalue weighted by Crippen LogP contribution is -2.26. The summed E-state index contributed by atoms with van der Waals surface area (Å²) in [5, 5.41) is 2.11. The van der Waals surface area contributed by atoms with Crippen molar-refractivity contribution in [3.8, 4) is 11.5 Å². The van der Waals surface area contributed by atoms with E-state index in [9.17, 15) is 0 Å². The summed E-state index contributed by atoms with van der Waals surface area (Å²) in [4.78, 5) is 0. The van der Waals surface area contributed by atoms with Gasteiger partial charge in [0.25, 0.3) is 0 Å². The number of furan rings is 1. The molecule has 2 aromatic carbocycles. The van der Waals surface area contributed by atoms with Crippen LogP contribution in [-0.2, 0) is 20.3 Å². The first-order valence-electron chi connectivity index (χ1n) is 14.5. The van der Waals surface area contributed by atoms with Gasteiger partial charge in [-0.1, -0.05) is 69.2 Å². The Balaban J connectivity index is 1.64. The standard InChI is InChI=1S/C34H48O5/c1-31(2,3)19-33(7,8)25-13-27-23(11-29(25)37-17-21-15-35-21)24-12-30(38-18-22-16-36-22)26(14-28(24)39-27)34(9,10)20-32(4,5)6/h11-14,21-22H,15-20H2,1-10H3. The minimum atomic E-state index is -0.0937. The highest BCUT2D eigenvalue weighted by atomic mass is 16.6. The largest absolute Gasteiger partial charge is 0.490 e. The number of fused-ring (bicyclic) bond motifs is 3. The van der Waals surface area contributed by atoms with Gasteiger partial charge in [0.2, 0.25) is 0 Å². The van der Waals surface area contributed by atoms with Gasteiger partial charge >= 0.3 is 0 Å². The molecule has 2 fully saturated rings. The van der Waals surface area contributed by atoms with E-state index in [1.165, 1.54) is 11.1 Å². The predicted octanol–water partition coefficient (Wildman–Crippen LogP) is 8.57. The second-order valence-electron chi connectivity index (χ2n) is 15.6. The van der Waals surface area contributed by atoms with Gasteiger partial charge in [-0.2, -0.15) is 0 Å². The minimum Gasteiger partial charge on any atom is -0.490 e. The lowest BCUT2D eigenvalue weighted by molar-refractivity contribution is 0.245. The Bertz CT molecular complexity index is 1240. The lowest BCUT2D eigenvalue weighted by Gasteiger charge is -2.34. The maximum absolute atomic E-state index is 6.61. The molecule has 0 radical (unpaired) electrons. The van der Waals surface area contributed by atoms with Crippen LogP contribution in [0.2, 0.25) is 0 Å². The molecule has 2 atom stereocenters. The molecule has 0 saturated carbocycles. The Morgan fingerprint density at radius 3 is 1.28 bits per heavy atom. The van der Waals surface area contributed by atoms with Crippen molar-refractivity contribution in [2.24, 2.45) is 10.8 Å². The first kappa shape index (κ1) is 28.3. The highest BCUT2D eigenvalue weighted by Crippen LogP contribution is 2.47. The number of epoxide rings is 2. The molecule has 2 aliphatic heterocycles. The fraction of sp³-hybridized carbons (Fsp3) is 0.647. The van der Waals surface area contributed by atoms with E-state index in [1.807, 2.05) is 0 Å². The second-order valence-corrected chi connectivity index (χ2v) is 15.6. The highest BCUT2D eigenvalue weighted by Gasteiger charge is 2.34. The van der Waals surface area contributed by atoms with E-state index in [0.717, 1.165) is 59.5 Å². The summed E-state index contributed by atoms with van der Waals surface area (Å²) in [7, 11) is 0. The molecule has 214 valence electrons. The van der Waals surface area contributed by atoms with Gasteiger partial charge in [0, 0.05) is 21.9 Å². The van der Waals surface area contributed by atoms with E-state index in [1.54, 1.807) is 0 Å². The Kier molecular flexibility index (Phi) is 7.03. The van der Waals surface area contributed by atoms with Crippen molar-refractivity contribution >= 4 is 21.9 Å². The third-order valence-corrected chi connectivity index (χ3v) is 7.73. The average Bonchev–Trinajstić information content (AvgIpc) is 3.69. The van der Waals surface area contributed by atoms with Gasteiger partial charge in [0.05, 0.1) is 13.2 Å². The Hall–Kier alpha value is -2.24. The topological polar surface area (TPSA) is 56.7 Å². The zero-order chi connectivity index (χ0) is 28.4. The molecule has 0 bridgehead atoms. The van der Waals surface area contributed by atoms with Crippen molar-refractivity contribution < 1.29 is 23.4 Å². The van der Waals surface area contributed by atoms with Crippen molar-refractivity contribution in [1.29, 1.82) is 0 Å². The van der Waals surface area contributed by atoms with Crippen LogP contribution in [0.15, 0.2) is 28.7 Å². The molecule has 0 aliphatic carbocycles. The molecular formula is C34H48O5. The summed E-state index contributed by atoms with van der Waals surface area (Å²) < 4.78 is 30.4. The molecule has 5 rings (SSSR count). The van der Waals surface area contributed by atoms with Crippen LogP contribution in [-0.4, -0.2) is 38.6 Å². The molecule has 2 unspecified atom stereocenters. The number of hydrogen-bond acceptors (Lipinski definition) is 5. The quantitative estimate of drug-likeness (QED) is 0.243. The smallest absolute Gasteiger partial charge is 0.135 e. The van der Waals surface area contributed by atoms with E-state index < -0.39 is 0 Å². The van der Waals surface area contributed by atoms with Crippen LogP contribution >= 0.6 is 0 Å². The van der Waals surface area contributed by atoms with Crippen molar-refractivity contribution in [3.05, 3.63) is 35.4 Å². The highest BCUT2D eigenvalue weighted by molar-refractivity contribution is 6.06. The molecule has 5 nitrogen and oxygen atoms in total. The summed E-state index contributed by atoms with van der Waals surface area (Å²) >= 11 is 0. The molecule has 0 spiro atoms. The van der Waals surface area contributed by atoms with Crippen molar-refractivity contribution in [2.45, 2.75) is 105 Å². The predicted molar refractivity (Wildman–Crippen MR) is 158 cm³/mol. The van der Waals surface area contributed by atoms with Crippen LogP contribution < -0.4 is 9.47 Å². The number of benzene rings is 2. The maximum atomic E-state index is 6.61. The monoisotopic (exact) mass is 536 g/mol. The van der Waals surface area contributed by atoms with Gasteiger partial charge in [0.15, 0.2) is 0 Å². The number of rotatable bonds is 10. The third kappa shape index (κ3) is 6.74. The van der Waals surface area contributed by atoms with Gasteiger partial charge in [-0.05, 0) is 58.8 Å². The first-order valence-corrected chi connectivity index (χ1v) is 14.5. The van der Waals surface area contributed by atoms with Gasteiger partial charge in [-0.3, -0.25) is 0 Å². The van der Waals surface area contributed by atoms with Crippen LogP contribution in [0.3, 0.4) is 0 Å². The van der Waals surface area contributed by atoms with Gasteiger partial charge < -0.3 is 23.4 Å². The average molecular weight is 537 g/mol. The molecule has 3 aromatic rings. The van der Waals surface area contributed by atoms with E-state index in [-0.39, 0.29) is 33.9 Å². The van der Waals surface area contributed by atoms with Crippen molar-refractivity contribution in [1.82, 2.24) is 0 Å². The van der Waals surface area contributed by atoms with E-state index in [4.69, 9.17) is 23.4 Å². The van der Waals surface area contributed by atoms with Crippen LogP contribution in [0.5, 0.6) is 11.5 Å². The van der Waals surface area contributed by atoms with Crippen LogP contribution in [0.4, 0.5) is 0 Å². The van der Waals surface area contributed by atoms with Crippen LogP contribution in [0.25, 0.3) is 21.9 Å². The molecule has 1 aromatic heterocycles. The summed E-state index contributed by atoms with van der Waals surface area (Å²) in [5.41, 5.74) is 4.30. The molecule has 0 amide bonds. The molecule has 2 aliphatic rings. The Morgan fingerprint density at radius 1 is 0.615 bits per heavy atom. The lowest BCUT2D eigenvalue weighted by atomic mass is 9.71. The Morgan fingerprint density at radius 2 is 0.974 bits per heavy atom. The fourth-order valence-electron chi connectivity index (χ4n) is 6.66. The van der Waals surface area contributed by atoms with Gasteiger partial charge in [-0.25, -0.2) is 0 Å². The Labute approximate surface area is 234 Å². The first-order chi connectivity index (χ1) is 18.0. The van der Waals surface area contributed by atoms with E-state index in [2.05, 4.69) is 93.5 Å². The normalized spacial score (nSPS) is 20.1. The molecule has 0 N–H and O–H groups in total. The molecule has 5 heteroatoms. The molecule has 2 saturated heterocycles. The second kappa shape index (κ2) is 9.69. The number of ether oxygens (including phenoxy) is 4. The summed E-state index contributed by atoms with van der Waals surface area (Å²) in [5.74, 6) is 1.84. The molecule has 3 heterocycles. The minimum absolute atomic E-state index is 0.0937. The van der Waals surface area contributed by atoms with Gasteiger partial charge in [-0.15, -0.1) is 0 Å².